The molecule has 1 heteroatoms. The first-order valence-corrected chi connectivity index (χ1v) is 4.02. The predicted octanol–water partition coefficient (Wildman–Crippen LogP) is 2.74. The van der Waals surface area contributed by atoms with Crippen LogP contribution >= 0.6 is 0 Å². The van der Waals surface area contributed by atoms with Crippen molar-refractivity contribution < 1.29 is 5.11 Å². The van der Waals surface area contributed by atoms with Gasteiger partial charge in [0.1, 0.15) is 5.75 Å². The average Bonchev–Trinajstić information content (AvgIpc) is 2.57. The monoisotopic (exact) mass is 158 g/mol. The van der Waals surface area contributed by atoms with Gasteiger partial charge in [-0.2, -0.15) is 0 Å². The normalized spacial score (nSPS) is 14.8. The van der Waals surface area contributed by atoms with Gasteiger partial charge in [-0.3, -0.25) is 0 Å². The third kappa shape index (κ3) is 1.14. The molecule has 0 radical (unpaired) electrons. The number of rotatable bonds is 1. The molecule has 1 aromatic rings. The van der Waals surface area contributed by atoms with E-state index in [1.807, 2.05) is 30.4 Å². The molecule has 0 atom stereocenters. The fraction of sp³-hybridized carbons (Fsp3) is 0.0909. The van der Waals surface area contributed by atoms with Gasteiger partial charge < -0.3 is 5.11 Å². The molecule has 1 N–H and O–H groups in total. The van der Waals surface area contributed by atoms with Gasteiger partial charge in [0.2, 0.25) is 0 Å². The van der Waals surface area contributed by atoms with Crippen molar-refractivity contribution >= 4 is 5.57 Å². The molecule has 0 saturated carbocycles. The molecule has 0 aliphatic heterocycles. The van der Waals surface area contributed by atoms with Crippen LogP contribution in [0.5, 0.6) is 5.75 Å². The Labute approximate surface area is 71.7 Å². The second-order valence-electron chi connectivity index (χ2n) is 2.84. The number of phenols is 1. The lowest BCUT2D eigenvalue weighted by molar-refractivity contribution is 0.473. The van der Waals surface area contributed by atoms with Crippen molar-refractivity contribution in [1.82, 2.24) is 0 Å². The molecule has 12 heavy (non-hydrogen) atoms. The van der Waals surface area contributed by atoms with E-state index in [1.54, 1.807) is 6.07 Å². The minimum absolute atomic E-state index is 0.368. The van der Waals surface area contributed by atoms with Gasteiger partial charge in [0.15, 0.2) is 0 Å². The summed E-state index contributed by atoms with van der Waals surface area (Å²) in [7, 11) is 0. The van der Waals surface area contributed by atoms with E-state index in [1.165, 1.54) is 5.57 Å². The predicted molar refractivity (Wildman–Crippen MR) is 49.8 cm³/mol. The number of allylic oxidation sites excluding steroid dienone is 4. The third-order valence-electron chi connectivity index (χ3n) is 2.02. The molecular weight excluding hydrogens is 148 g/mol. The van der Waals surface area contributed by atoms with Gasteiger partial charge in [-0.1, -0.05) is 36.4 Å². The number of hydrogen-bond donors (Lipinski definition) is 1. The van der Waals surface area contributed by atoms with Gasteiger partial charge in [-0.15, -0.1) is 0 Å². The Kier molecular flexibility index (Phi) is 1.71. The van der Waals surface area contributed by atoms with Crippen LogP contribution in [0.25, 0.3) is 5.57 Å². The number of phenolic OH excluding ortho intramolecular Hbond substituents is 1. The van der Waals surface area contributed by atoms with E-state index in [0.717, 1.165) is 12.0 Å². The Balaban J connectivity index is 2.40. The van der Waals surface area contributed by atoms with Crippen LogP contribution in [0, 0.1) is 0 Å². The van der Waals surface area contributed by atoms with E-state index in [4.69, 9.17) is 0 Å². The van der Waals surface area contributed by atoms with Crippen molar-refractivity contribution in [1.29, 1.82) is 0 Å². The summed E-state index contributed by atoms with van der Waals surface area (Å²) < 4.78 is 0. The highest BCUT2D eigenvalue weighted by Gasteiger charge is 2.06. The van der Waals surface area contributed by atoms with Crippen molar-refractivity contribution in [3.05, 3.63) is 48.1 Å². The summed E-state index contributed by atoms with van der Waals surface area (Å²) in [6, 6.07) is 7.43. The summed E-state index contributed by atoms with van der Waals surface area (Å²) in [5.41, 5.74) is 2.13. The van der Waals surface area contributed by atoms with Crippen molar-refractivity contribution in [2.45, 2.75) is 6.42 Å². The molecule has 1 nitrogen and oxygen atoms in total. The zero-order chi connectivity index (χ0) is 8.39. The fourth-order valence-corrected chi connectivity index (χ4v) is 1.39. The van der Waals surface area contributed by atoms with Crippen LogP contribution in [0.3, 0.4) is 0 Å². The van der Waals surface area contributed by atoms with Crippen LogP contribution < -0.4 is 0 Å². The summed E-state index contributed by atoms with van der Waals surface area (Å²) >= 11 is 0. The molecule has 0 unspecified atom stereocenters. The first kappa shape index (κ1) is 7.17. The molecule has 0 amide bonds. The maximum atomic E-state index is 9.50. The second-order valence-corrected chi connectivity index (χ2v) is 2.84. The summed E-state index contributed by atoms with van der Waals surface area (Å²) in [6.07, 6.45) is 7.07. The number of benzene rings is 1. The van der Waals surface area contributed by atoms with Gasteiger partial charge in [-0.05, 0) is 18.1 Å². The number of aromatic hydroxyl groups is 1. The zero-order valence-corrected chi connectivity index (χ0v) is 6.70. The van der Waals surface area contributed by atoms with E-state index in [0.29, 0.717) is 5.75 Å². The van der Waals surface area contributed by atoms with Gasteiger partial charge in [0.05, 0.1) is 0 Å². The minimum atomic E-state index is 0.368. The minimum Gasteiger partial charge on any atom is -0.507 e. The lowest BCUT2D eigenvalue weighted by atomic mass is 10.0. The highest BCUT2D eigenvalue weighted by molar-refractivity contribution is 5.74. The maximum Gasteiger partial charge on any atom is 0.123 e. The smallest absolute Gasteiger partial charge is 0.123 e. The first-order valence-electron chi connectivity index (χ1n) is 4.02. The topological polar surface area (TPSA) is 20.2 Å². The highest BCUT2D eigenvalue weighted by Crippen LogP contribution is 2.29. The summed E-state index contributed by atoms with van der Waals surface area (Å²) in [6.45, 7) is 0. The lowest BCUT2D eigenvalue weighted by Crippen LogP contribution is -1.80. The summed E-state index contributed by atoms with van der Waals surface area (Å²) in [5.74, 6) is 0.368. The average molecular weight is 158 g/mol. The Bertz CT molecular complexity index is 348. The lowest BCUT2D eigenvalue weighted by Gasteiger charge is -2.03. The highest BCUT2D eigenvalue weighted by atomic mass is 16.3. The molecule has 0 fully saturated rings. The summed E-state index contributed by atoms with van der Waals surface area (Å²) in [4.78, 5) is 0. The Morgan fingerprint density at radius 3 is 2.67 bits per heavy atom. The molecule has 2 rings (SSSR count). The van der Waals surface area contributed by atoms with Gasteiger partial charge in [-0.25, -0.2) is 0 Å². The molecule has 0 aromatic heterocycles. The number of para-hydroxylation sites is 1. The first-order chi connectivity index (χ1) is 5.88. The molecule has 1 aromatic carbocycles. The van der Waals surface area contributed by atoms with E-state index >= 15 is 0 Å². The van der Waals surface area contributed by atoms with E-state index in [2.05, 4.69) is 6.08 Å². The fourth-order valence-electron chi connectivity index (χ4n) is 1.39. The molecule has 0 spiro atoms. The molecular formula is C11H10O. The van der Waals surface area contributed by atoms with Gasteiger partial charge in [0, 0.05) is 5.56 Å². The van der Waals surface area contributed by atoms with Crippen LogP contribution in [-0.4, -0.2) is 5.11 Å². The standard InChI is InChI=1S/C11H10O/c12-11-8-4-3-7-10(11)9-5-1-2-6-9/h1-5,7-8,12H,6H2. The van der Waals surface area contributed by atoms with E-state index < -0.39 is 0 Å². The Morgan fingerprint density at radius 2 is 2.00 bits per heavy atom. The van der Waals surface area contributed by atoms with Crippen molar-refractivity contribution in [3.63, 3.8) is 0 Å². The van der Waals surface area contributed by atoms with Gasteiger partial charge >= 0.3 is 0 Å². The van der Waals surface area contributed by atoms with E-state index in [-0.39, 0.29) is 0 Å². The molecule has 1 aliphatic rings. The van der Waals surface area contributed by atoms with Gasteiger partial charge in [0.25, 0.3) is 0 Å². The zero-order valence-electron chi connectivity index (χ0n) is 6.70. The van der Waals surface area contributed by atoms with Crippen LogP contribution in [0.1, 0.15) is 12.0 Å². The Hall–Kier alpha value is -1.50. The van der Waals surface area contributed by atoms with E-state index in [9.17, 15) is 5.11 Å². The van der Waals surface area contributed by atoms with Crippen molar-refractivity contribution in [2.24, 2.45) is 0 Å². The molecule has 0 heterocycles. The third-order valence-corrected chi connectivity index (χ3v) is 2.02. The van der Waals surface area contributed by atoms with Crippen LogP contribution in [-0.2, 0) is 0 Å². The quantitative estimate of drug-likeness (QED) is 0.666. The van der Waals surface area contributed by atoms with Crippen LogP contribution in [0.2, 0.25) is 0 Å². The summed E-state index contributed by atoms with van der Waals surface area (Å²) in [5, 5.41) is 9.50. The maximum absolute atomic E-state index is 9.50. The molecule has 60 valence electrons. The van der Waals surface area contributed by atoms with Crippen molar-refractivity contribution in [2.75, 3.05) is 0 Å². The molecule has 0 bridgehead atoms. The molecule has 1 aliphatic carbocycles. The molecule has 0 saturated heterocycles. The number of hydrogen-bond acceptors (Lipinski definition) is 1. The van der Waals surface area contributed by atoms with Crippen LogP contribution in [0.15, 0.2) is 42.5 Å². The Morgan fingerprint density at radius 1 is 1.17 bits per heavy atom. The van der Waals surface area contributed by atoms with Crippen LogP contribution in [0.4, 0.5) is 0 Å². The second kappa shape index (κ2) is 2.86. The largest absolute Gasteiger partial charge is 0.507 e. The van der Waals surface area contributed by atoms with Crippen molar-refractivity contribution in [3.8, 4) is 5.75 Å². The SMILES string of the molecule is Oc1ccccc1C1=CC=CC1.